The van der Waals surface area contributed by atoms with E-state index in [0.29, 0.717) is 19.3 Å². The Bertz CT molecular complexity index is 785. The lowest BCUT2D eigenvalue weighted by Crippen LogP contribution is -2.40. The van der Waals surface area contributed by atoms with Crippen LogP contribution in [0.1, 0.15) is 56.5 Å². The van der Waals surface area contributed by atoms with Gasteiger partial charge in [0.05, 0.1) is 16.3 Å². The largest absolute Gasteiger partial charge is 0.351 e. The first kappa shape index (κ1) is 16.5. The number of likely N-dealkylation sites (tertiary alicyclic amines) is 1. The van der Waals surface area contributed by atoms with Crippen LogP contribution in [-0.4, -0.2) is 33.8 Å². The van der Waals surface area contributed by atoms with Crippen LogP contribution in [0.4, 0.5) is 0 Å². The van der Waals surface area contributed by atoms with E-state index in [1.807, 2.05) is 30.0 Å². The molecule has 5 nitrogen and oxygen atoms in total. The van der Waals surface area contributed by atoms with Crippen molar-refractivity contribution in [2.24, 2.45) is 0 Å². The molecule has 6 heteroatoms. The van der Waals surface area contributed by atoms with Crippen molar-refractivity contribution in [3.05, 3.63) is 29.3 Å². The van der Waals surface area contributed by atoms with Crippen LogP contribution in [0.15, 0.2) is 24.3 Å². The van der Waals surface area contributed by atoms with Crippen molar-refractivity contribution in [3.8, 4) is 0 Å². The predicted molar refractivity (Wildman–Crippen MR) is 98.3 cm³/mol. The summed E-state index contributed by atoms with van der Waals surface area (Å²) in [5.74, 6) is 0.285. The van der Waals surface area contributed by atoms with Crippen LogP contribution in [0.3, 0.4) is 0 Å². The monoisotopic (exact) mass is 357 g/mol. The van der Waals surface area contributed by atoms with E-state index in [4.69, 9.17) is 4.98 Å². The maximum Gasteiger partial charge on any atom is 0.223 e. The second-order valence-electron chi connectivity index (χ2n) is 7.37. The second kappa shape index (κ2) is 6.41. The SMILES string of the molecule is C[C@]1(CCC(=O)N2CCC[C@@H]2c2nc3ccccc3s2)CCC(=O)N1. The molecule has 25 heavy (non-hydrogen) atoms. The van der Waals surface area contributed by atoms with E-state index in [0.717, 1.165) is 36.3 Å². The summed E-state index contributed by atoms with van der Waals surface area (Å²) in [4.78, 5) is 31.0. The fourth-order valence-corrected chi connectivity index (χ4v) is 5.03. The third kappa shape index (κ3) is 3.27. The van der Waals surface area contributed by atoms with Gasteiger partial charge in [0.15, 0.2) is 0 Å². The van der Waals surface area contributed by atoms with Gasteiger partial charge in [0, 0.05) is 24.9 Å². The second-order valence-corrected chi connectivity index (χ2v) is 8.44. The van der Waals surface area contributed by atoms with E-state index < -0.39 is 0 Å². The van der Waals surface area contributed by atoms with Crippen LogP contribution < -0.4 is 5.32 Å². The Balaban J connectivity index is 1.45. The van der Waals surface area contributed by atoms with Gasteiger partial charge >= 0.3 is 0 Å². The highest BCUT2D eigenvalue weighted by Crippen LogP contribution is 2.37. The van der Waals surface area contributed by atoms with E-state index >= 15 is 0 Å². The molecular weight excluding hydrogens is 334 g/mol. The lowest BCUT2D eigenvalue weighted by molar-refractivity contribution is -0.132. The van der Waals surface area contributed by atoms with Crippen molar-refractivity contribution in [2.45, 2.75) is 57.0 Å². The number of carbonyl (C=O) groups is 2. The molecule has 2 atom stereocenters. The normalized spacial score (nSPS) is 26.4. The molecule has 2 aromatic rings. The standard InChI is InChI=1S/C19H23N3O2S/c1-19(10-8-16(23)21-19)11-9-17(24)22-12-4-6-14(22)18-20-13-5-2-3-7-15(13)25-18/h2-3,5,7,14H,4,6,8-12H2,1H3,(H,21,23)/t14-,19-/m1/s1. The predicted octanol–water partition coefficient (Wildman–Crippen LogP) is 3.41. The van der Waals surface area contributed by atoms with Crippen LogP contribution in [-0.2, 0) is 9.59 Å². The number of thiazole rings is 1. The maximum atomic E-state index is 12.8. The third-order valence-electron chi connectivity index (χ3n) is 5.40. The van der Waals surface area contributed by atoms with Crippen LogP contribution in [0, 0.1) is 0 Å². The zero-order chi connectivity index (χ0) is 17.4. The van der Waals surface area contributed by atoms with E-state index in [2.05, 4.69) is 11.4 Å². The highest BCUT2D eigenvalue weighted by Gasteiger charge is 2.36. The van der Waals surface area contributed by atoms with E-state index in [1.54, 1.807) is 11.3 Å². The molecule has 2 aliphatic rings. The minimum Gasteiger partial charge on any atom is -0.351 e. The van der Waals surface area contributed by atoms with Crippen LogP contribution in [0.5, 0.6) is 0 Å². The first-order chi connectivity index (χ1) is 12.0. The van der Waals surface area contributed by atoms with Crippen LogP contribution in [0.25, 0.3) is 10.2 Å². The quantitative estimate of drug-likeness (QED) is 0.912. The molecule has 0 unspecified atom stereocenters. The highest BCUT2D eigenvalue weighted by molar-refractivity contribution is 7.18. The Morgan fingerprint density at radius 2 is 2.28 bits per heavy atom. The van der Waals surface area contributed by atoms with Gasteiger partial charge in [-0.05, 0) is 44.7 Å². The molecule has 0 radical (unpaired) electrons. The average Bonchev–Trinajstić information content (AvgIpc) is 3.30. The zero-order valence-electron chi connectivity index (χ0n) is 14.5. The molecule has 2 fully saturated rings. The molecule has 3 heterocycles. The van der Waals surface area contributed by atoms with Gasteiger partial charge in [-0.2, -0.15) is 0 Å². The number of aromatic nitrogens is 1. The van der Waals surface area contributed by atoms with Gasteiger partial charge in [0.2, 0.25) is 11.8 Å². The number of hydrogen-bond donors (Lipinski definition) is 1. The first-order valence-corrected chi connectivity index (χ1v) is 9.82. The van der Waals surface area contributed by atoms with Gasteiger partial charge in [-0.3, -0.25) is 9.59 Å². The molecule has 1 aromatic carbocycles. The van der Waals surface area contributed by atoms with Crippen molar-refractivity contribution in [1.29, 1.82) is 0 Å². The van der Waals surface area contributed by atoms with Crippen molar-refractivity contribution in [1.82, 2.24) is 15.2 Å². The fraction of sp³-hybridized carbons (Fsp3) is 0.526. The molecule has 2 saturated heterocycles. The maximum absolute atomic E-state index is 12.8. The number of nitrogens with zero attached hydrogens (tertiary/aromatic N) is 2. The van der Waals surface area contributed by atoms with Crippen LogP contribution >= 0.6 is 11.3 Å². The summed E-state index contributed by atoms with van der Waals surface area (Å²) in [5.41, 5.74) is 0.792. The summed E-state index contributed by atoms with van der Waals surface area (Å²) < 4.78 is 1.18. The number of amides is 2. The number of fused-ring (bicyclic) bond motifs is 1. The fourth-order valence-electron chi connectivity index (χ4n) is 3.92. The molecule has 0 spiro atoms. The minimum atomic E-state index is -0.224. The molecule has 132 valence electrons. The molecule has 2 amide bonds. The Morgan fingerprint density at radius 1 is 1.44 bits per heavy atom. The van der Waals surface area contributed by atoms with Gasteiger partial charge in [-0.25, -0.2) is 4.98 Å². The summed E-state index contributed by atoms with van der Waals surface area (Å²) in [7, 11) is 0. The zero-order valence-corrected chi connectivity index (χ0v) is 15.3. The first-order valence-electron chi connectivity index (χ1n) is 9.00. The number of carbonyl (C=O) groups excluding carboxylic acids is 2. The number of para-hydroxylation sites is 1. The number of rotatable bonds is 4. The van der Waals surface area contributed by atoms with Gasteiger partial charge in [-0.15, -0.1) is 11.3 Å². The van der Waals surface area contributed by atoms with Crippen molar-refractivity contribution >= 4 is 33.4 Å². The number of benzene rings is 1. The van der Waals surface area contributed by atoms with Gasteiger partial charge < -0.3 is 10.2 Å². The Labute approximate surface area is 151 Å². The molecule has 4 rings (SSSR count). The Morgan fingerprint density at radius 3 is 3.04 bits per heavy atom. The number of hydrogen-bond acceptors (Lipinski definition) is 4. The van der Waals surface area contributed by atoms with Crippen molar-refractivity contribution in [3.63, 3.8) is 0 Å². The van der Waals surface area contributed by atoms with Crippen molar-refractivity contribution < 1.29 is 9.59 Å². The topological polar surface area (TPSA) is 62.3 Å². The summed E-state index contributed by atoms with van der Waals surface area (Å²) in [6, 6.07) is 8.25. The molecule has 0 aliphatic carbocycles. The average molecular weight is 357 g/mol. The Hall–Kier alpha value is -1.95. The molecule has 0 bridgehead atoms. The van der Waals surface area contributed by atoms with Gasteiger partial charge in [-0.1, -0.05) is 12.1 Å². The summed E-state index contributed by atoms with van der Waals surface area (Å²) >= 11 is 1.70. The minimum absolute atomic E-state index is 0.100. The smallest absolute Gasteiger partial charge is 0.223 e. The molecular formula is C19H23N3O2S. The van der Waals surface area contributed by atoms with Gasteiger partial charge in [0.1, 0.15) is 5.01 Å². The number of nitrogens with one attached hydrogen (secondary N) is 1. The Kier molecular flexibility index (Phi) is 4.23. The molecule has 1 aromatic heterocycles. The summed E-state index contributed by atoms with van der Waals surface area (Å²) in [6.45, 7) is 2.85. The van der Waals surface area contributed by atoms with Crippen LogP contribution in [0.2, 0.25) is 0 Å². The lowest BCUT2D eigenvalue weighted by Gasteiger charge is -2.27. The summed E-state index contributed by atoms with van der Waals surface area (Å²) in [6.07, 6.45) is 4.60. The lowest BCUT2D eigenvalue weighted by atomic mass is 9.94. The molecule has 2 aliphatic heterocycles. The molecule has 0 saturated carbocycles. The van der Waals surface area contributed by atoms with E-state index in [-0.39, 0.29) is 23.4 Å². The van der Waals surface area contributed by atoms with E-state index in [9.17, 15) is 9.59 Å². The third-order valence-corrected chi connectivity index (χ3v) is 6.54. The van der Waals surface area contributed by atoms with Gasteiger partial charge in [0.25, 0.3) is 0 Å². The highest BCUT2D eigenvalue weighted by atomic mass is 32.1. The molecule has 1 N–H and O–H groups in total. The summed E-state index contributed by atoms with van der Waals surface area (Å²) in [5, 5.41) is 4.07. The van der Waals surface area contributed by atoms with Crippen molar-refractivity contribution in [2.75, 3.05) is 6.54 Å². The van der Waals surface area contributed by atoms with E-state index in [1.165, 1.54) is 4.70 Å².